The van der Waals surface area contributed by atoms with Gasteiger partial charge in [0, 0.05) is 13.7 Å². The topological polar surface area (TPSA) is 62.9 Å². The van der Waals surface area contributed by atoms with Gasteiger partial charge in [0.2, 0.25) is 5.96 Å². The van der Waals surface area contributed by atoms with E-state index >= 15 is 0 Å². The summed E-state index contributed by atoms with van der Waals surface area (Å²) < 4.78 is 4.86. The highest BCUT2D eigenvalue weighted by molar-refractivity contribution is 5.80. The second kappa shape index (κ2) is 4.15. The third kappa shape index (κ3) is 2.36. The number of nitrogens with one attached hydrogen (secondary N) is 1. The third-order valence-electron chi connectivity index (χ3n) is 1.46. The fourth-order valence-corrected chi connectivity index (χ4v) is 0.883. The minimum Gasteiger partial charge on any atom is -0.383 e. The Hall–Kier alpha value is -0.810. The number of aliphatic imine (C=N–C) groups is 1. The predicted octanol–water partition coefficient (Wildman–Crippen LogP) is -1.23. The van der Waals surface area contributed by atoms with Gasteiger partial charge in [0.1, 0.15) is 0 Å². The van der Waals surface area contributed by atoms with Crippen LogP contribution in [0.1, 0.15) is 0 Å². The molecule has 0 bridgehead atoms. The van der Waals surface area contributed by atoms with E-state index in [1.54, 1.807) is 12.1 Å². The summed E-state index contributed by atoms with van der Waals surface area (Å²) in [5, 5.41) is 4.66. The lowest BCUT2D eigenvalue weighted by Crippen LogP contribution is -2.43. The molecule has 0 aromatic rings. The van der Waals surface area contributed by atoms with E-state index in [9.17, 15) is 0 Å². The van der Waals surface area contributed by atoms with Crippen LogP contribution in [0.15, 0.2) is 4.99 Å². The molecule has 0 aliphatic carbocycles. The van der Waals surface area contributed by atoms with Crippen molar-refractivity contribution in [1.29, 1.82) is 0 Å². The molecule has 1 aliphatic rings. The minimum atomic E-state index is 0.673. The quantitative estimate of drug-likeness (QED) is 0.399. The molecule has 1 rings (SSSR count). The van der Waals surface area contributed by atoms with E-state index in [0.29, 0.717) is 6.61 Å². The minimum absolute atomic E-state index is 0.673. The van der Waals surface area contributed by atoms with Crippen molar-refractivity contribution in [2.75, 3.05) is 33.4 Å². The van der Waals surface area contributed by atoms with Crippen LogP contribution in [-0.2, 0) is 4.74 Å². The molecule has 0 atom stereocenters. The van der Waals surface area contributed by atoms with Crippen LogP contribution in [0, 0.1) is 0 Å². The highest BCUT2D eigenvalue weighted by Crippen LogP contribution is 1.90. The molecule has 0 saturated carbocycles. The van der Waals surface area contributed by atoms with E-state index in [2.05, 4.69) is 10.3 Å². The molecule has 0 unspecified atom stereocenters. The Balaban J connectivity index is 2.15. The highest BCUT2D eigenvalue weighted by Gasteiger charge is 2.10. The molecule has 1 aliphatic heterocycles. The molecule has 64 valence electrons. The van der Waals surface area contributed by atoms with Crippen LogP contribution in [0.4, 0.5) is 0 Å². The molecule has 0 spiro atoms. The van der Waals surface area contributed by atoms with Crippen molar-refractivity contribution in [3.8, 4) is 0 Å². The molecule has 5 heteroatoms. The molecule has 0 radical (unpaired) electrons. The summed E-state index contributed by atoms with van der Waals surface area (Å²) >= 11 is 0. The fourth-order valence-electron chi connectivity index (χ4n) is 0.883. The van der Waals surface area contributed by atoms with Crippen molar-refractivity contribution >= 4 is 5.96 Å². The van der Waals surface area contributed by atoms with Gasteiger partial charge in [-0.3, -0.25) is 10.0 Å². The second-order valence-corrected chi connectivity index (χ2v) is 2.32. The van der Waals surface area contributed by atoms with Crippen LogP contribution in [0.25, 0.3) is 0 Å². The maximum atomic E-state index is 5.56. The van der Waals surface area contributed by atoms with Gasteiger partial charge < -0.3 is 10.1 Å². The van der Waals surface area contributed by atoms with Crippen molar-refractivity contribution in [3.05, 3.63) is 0 Å². The Labute approximate surface area is 66.2 Å². The van der Waals surface area contributed by atoms with E-state index < -0.39 is 0 Å². The zero-order valence-corrected chi connectivity index (χ0v) is 6.71. The van der Waals surface area contributed by atoms with Crippen LogP contribution in [0.3, 0.4) is 0 Å². The third-order valence-corrected chi connectivity index (χ3v) is 1.46. The van der Waals surface area contributed by atoms with Crippen LogP contribution >= 0.6 is 0 Å². The average molecular weight is 158 g/mol. The molecule has 0 aromatic heterocycles. The molecule has 11 heavy (non-hydrogen) atoms. The summed E-state index contributed by atoms with van der Waals surface area (Å²) in [7, 11) is 1.67. The normalized spacial score (nSPS) is 16.9. The van der Waals surface area contributed by atoms with Crippen LogP contribution in [-0.4, -0.2) is 44.3 Å². The lowest BCUT2D eigenvalue weighted by atomic mass is 10.6. The average Bonchev–Trinajstić information content (AvgIpc) is 2.37. The Bertz CT molecular complexity index is 148. The summed E-state index contributed by atoms with van der Waals surface area (Å²) in [5.41, 5.74) is 0. The van der Waals surface area contributed by atoms with Gasteiger partial charge in [-0.25, -0.2) is 5.84 Å². The predicted molar refractivity (Wildman–Crippen MR) is 43.1 cm³/mol. The molecule has 0 amide bonds. The lowest BCUT2D eigenvalue weighted by molar-refractivity contribution is 0.203. The van der Waals surface area contributed by atoms with Crippen LogP contribution in [0.5, 0.6) is 0 Å². The van der Waals surface area contributed by atoms with Gasteiger partial charge >= 0.3 is 0 Å². The van der Waals surface area contributed by atoms with Gasteiger partial charge in [0.25, 0.3) is 0 Å². The Morgan fingerprint density at radius 2 is 2.64 bits per heavy atom. The second-order valence-electron chi connectivity index (χ2n) is 2.32. The molecule has 0 aromatic carbocycles. The van der Waals surface area contributed by atoms with Crippen molar-refractivity contribution in [2.45, 2.75) is 0 Å². The largest absolute Gasteiger partial charge is 0.383 e. The van der Waals surface area contributed by atoms with E-state index in [0.717, 1.165) is 25.6 Å². The number of guanidine groups is 1. The summed E-state index contributed by atoms with van der Waals surface area (Å²) in [6.45, 7) is 3.01. The van der Waals surface area contributed by atoms with Crippen LogP contribution in [0.2, 0.25) is 0 Å². The van der Waals surface area contributed by atoms with Gasteiger partial charge in [-0.15, -0.1) is 0 Å². The first-order valence-electron chi connectivity index (χ1n) is 3.64. The number of hydrogen-bond donors (Lipinski definition) is 2. The van der Waals surface area contributed by atoms with Gasteiger partial charge in [-0.05, 0) is 0 Å². The number of methoxy groups -OCH3 is 1. The molecule has 0 saturated heterocycles. The van der Waals surface area contributed by atoms with Crippen molar-refractivity contribution in [1.82, 2.24) is 10.3 Å². The summed E-state index contributed by atoms with van der Waals surface area (Å²) in [4.78, 5) is 4.14. The van der Waals surface area contributed by atoms with Gasteiger partial charge in [0.05, 0.1) is 19.7 Å². The maximum absolute atomic E-state index is 5.56. The monoisotopic (exact) mass is 158 g/mol. The molecule has 5 nitrogen and oxygen atoms in total. The number of rotatable bonds is 3. The Morgan fingerprint density at radius 1 is 1.82 bits per heavy atom. The Morgan fingerprint density at radius 3 is 3.18 bits per heavy atom. The van der Waals surface area contributed by atoms with Crippen molar-refractivity contribution < 1.29 is 4.74 Å². The van der Waals surface area contributed by atoms with Crippen LogP contribution < -0.4 is 11.2 Å². The van der Waals surface area contributed by atoms with E-state index in [1.165, 1.54) is 0 Å². The molecule has 1 heterocycles. The maximum Gasteiger partial charge on any atom is 0.208 e. The lowest BCUT2D eigenvalue weighted by Gasteiger charge is -2.13. The van der Waals surface area contributed by atoms with Gasteiger partial charge in [-0.2, -0.15) is 0 Å². The molecule has 0 fully saturated rings. The van der Waals surface area contributed by atoms with Crippen molar-refractivity contribution in [3.63, 3.8) is 0 Å². The molecular weight excluding hydrogens is 144 g/mol. The number of ether oxygens (including phenoxy) is 1. The van der Waals surface area contributed by atoms with E-state index in [4.69, 9.17) is 10.6 Å². The van der Waals surface area contributed by atoms with Gasteiger partial charge in [-0.1, -0.05) is 0 Å². The summed E-state index contributed by atoms with van der Waals surface area (Å²) in [5.74, 6) is 6.33. The zero-order chi connectivity index (χ0) is 8.10. The SMILES string of the molecule is COCCNC1=NCCN1N. The van der Waals surface area contributed by atoms with Gasteiger partial charge in [0.15, 0.2) is 0 Å². The van der Waals surface area contributed by atoms with E-state index in [1.807, 2.05) is 0 Å². The first-order chi connectivity index (χ1) is 5.34. The fraction of sp³-hybridized carbons (Fsp3) is 0.833. The molecular formula is C6H14N4O. The number of hydrazine groups is 1. The number of hydrogen-bond acceptors (Lipinski definition) is 5. The highest BCUT2D eigenvalue weighted by atomic mass is 16.5. The van der Waals surface area contributed by atoms with E-state index in [-0.39, 0.29) is 0 Å². The number of nitrogens with two attached hydrogens (primary N) is 1. The summed E-state index contributed by atoms with van der Waals surface area (Å²) in [6.07, 6.45) is 0. The standard InChI is InChI=1S/C6H14N4O/c1-11-5-3-9-6-8-2-4-10(6)7/h2-5,7H2,1H3,(H,8,9). The van der Waals surface area contributed by atoms with Crippen molar-refractivity contribution in [2.24, 2.45) is 10.8 Å². The number of nitrogens with zero attached hydrogens (tertiary/aromatic N) is 2. The molecule has 3 N–H and O–H groups in total. The smallest absolute Gasteiger partial charge is 0.208 e. The summed E-state index contributed by atoms with van der Waals surface area (Å²) in [6, 6.07) is 0. The first kappa shape index (κ1) is 8.29. The zero-order valence-electron chi connectivity index (χ0n) is 6.71. The Kier molecular flexibility index (Phi) is 3.13. The first-order valence-corrected chi connectivity index (χ1v) is 3.64.